The van der Waals surface area contributed by atoms with Crippen LogP contribution < -0.4 is 19.9 Å². The Bertz CT molecular complexity index is 1070. The summed E-state index contributed by atoms with van der Waals surface area (Å²) in [6, 6.07) is 27.0. The van der Waals surface area contributed by atoms with Crippen LogP contribution in [0.4, 0.5) is 11.4 Å². The van der Waals surface area contributed by atoms with Gasteiger partial charge < -0.3 is 19.9 Å². The molecule has 2 aliphatic rings. The Kier molecular flexibility index (Phi) is 5.71. The Hall–Kier alpha value is -3.47. The quantitative estimate of drug-likeness (QED) is 0.671. The van der Waals surface area contributed by atoms with Crippen LogP contribution in [0.5, 0.6) is 5.75 Å². The molecule has 1 fully saturated rings. The van der Waals surface area contributed by atoms with E-state index in [-0.39, 0.29) is 17.9 Å². The van der Waals surface area contributed by atoms with Gasteiger partial charge in [0.2, 0.25) is 5.91 Å². The average molecular weight is 428 g/mol. The molecule has 0 unspecified atom stereocenters. The van der Waals surface area contributed by atoms with E-state index in [1.54, 1.807) is 7.11 Å². The van der Waals surface area contributed by atoms with Gasteiger partial charge in [0.05, 0.1) is 19.1 Å². The molecule has 32 heavy (non-hydrogen) atoms. The number of rotatable bonds is 5. The second-order valence-corrected chi connectivity index (χ2v) is 8.55. The van der Waals surface area contributed by atoms with Crippen LogP contribution in [-0.4, -0.2) is 38.7 Å². The van der Waals surface area contributed by atoms with Crippen molar-refractivity contribution >= 4 is 17.3 Å². The minimum absolute atomic E-state index is 0.105. The maximum atomic E-state index is 13.4. The van der Waals surface area contributed by atoms with Gasteiger partial charge in [0.1, 0.15) is 5.75 Å². The van der Waals surface area contributed by atoms with E-state index < -0.39 is 0 Å². The molecule has 2 aliphatic heterocycles. The zero-order chi connectivity index (χ0) is 21.9. The Morgan fingerprint density at radius 2 is 1.75 bits per heavy atom. The van der Waals surface area contributed by atoms with E-state index in [2.05, 4.69) is 51.5 Å². The van der Waals surface area contributed by atoms with Crippen molar-refractivity contribution in [3.05, 3.63) is 90.0 Å². The second kappa shape index (κ2) is 8.95. The summed E-state index contributed by atoms with van der Waals surface area (Å²) < 4.78 is 5.50. The van der Waals surface area contributed by atoms with Gasteiger partial charge in [-0.05, 0) is 35.7 Å². The largest absolute Gasteiger partial charge is 0.497 e. The summed E-state index contributed by atoms with van der Waals surface area (Å²) in [6.45, 7) is 3.18. The van der Waals surface area contributed by atoms with Gasteiger partial charge in [-0.15, -0.1) is 0 Å². The maximum Gasteiger partial charge on any atom is 0.225 e. The summed E-state index contributed by atoms with van der Waals surface area (Å²) in [5.74, 6) is 0.881. The number of piperazine rings is 1. The van der Waals surface area contributed by atoms with Crippen LogP contribution in [0.2, 0.25) is 0 Å². The monoisotopic (exact) mass is 427 g/mol. The van der Waals surface area contributed by atoms with E-state index >= 15 is 0 Å². The zero-order valence-electron chi connectivity index (χ0n) is 18.4. The molecule has 0 radical (unpaired) electrons. The van der Waals surface area contributed by atoms with Crippen molar-refractivity contribution in [2.75, 3.05) is 36.5 Å². The number of benzene rings is 3. The number of carbonyl (C=O) groups is 1. The molecule has 2 heterocycles. The van der Waals surface area contributed by atoms with Crippen molar-refractivity contribution in [2.45, 2.75) is 19.0 Å². The van der Waals surface area contributed by atoms with Crippen LogP contribution in [0.25, 0.3) is 0 Å². The van der Waals surface area contributed by atoms with Gasteiger partial charge in [0, 0.05) is 43.6 Å². The molecule has 0 bridgehead atoms. The fourth-order valence-electron chi connectivity index (χ4n) is 4.99. The van der Waals surface area contributed by atoms with E-state index in [0.717, 1.165) is 37.4 Å². The Labute approximate surface area is 189 Å². The Morgan fingerprint density at radius 3 is 2.50 bits per heavy atom. The topological polar surface area (TPSA) is 44.8 Å². The number of anilines is 2. The predicted molar refractivity (Wildman–Crippen MR) is 128 cm³/mol. The molecule has 0 aromatic heterocycles. The highest BCUT2D eigenvalue weighted by molar-refractivity contribution is 5.82. The predicted octanol–water partition coefficient (Wildman–Crippen LogP) is 3.88. The summed E-state index contributed by atoms with van der Waals surface area (Å²) in [5, 5.41) is 3.20. The SMILES string of the molecule is COc1ccc2c(c1)N1CCN(c3ccccc3)C[C@H]1[C@@H](C(=O)NCc1ccccc1)C2. The zero-order valence-corrected chi connectivity index (χ0v) is 18.4. The highest BCUT2D eigenvalue weighted by Crippen LogP contribution is 2.38. The molecule has 0 saturated carbocycles. The normalized spacial score (nSPS) is 19.7. The van der Waals surface area contributed by atoms with Crippen LogP contribution >= 0.6 is 0 Å². The number of hydrogen-bond donors (Lipinski definition) is 1. The number of nitrogens with zero attached hydrogens (tertiary/aromatic N) is 2. The van der Waals surface area contributed by atoms with Crippen LogP contribution in [-0.2, 0) is 17.8 Å². The molecular formula is C27H29N3O2. The molecule has 0 spiro atoms. The van der Waals surface area contributed by atoms with Gasteiger partial charge in [0.15, 0.2) is 0 Å². The van der Waals surface area contributed by atoms with Crippen LogP contribution in [0.3, 0.4) is 0 Å². The molecule has 3 aromatic carbocycles. The third kappa shape index (κ3) is 4.03. The van der Waals surface area contributed by atoms with Gasteiger partial charge in [-0.2, -0.15) is 0 Å². The number of amides is 1. The Balaban J connectivity index is 1.42. The summed E-state index contributed by atoms with van der Waals surface area (Å²) in [6.07, 6.45) is 0.740. The van der Waals surface area contributed by atoms with E-state index in [1.807, 2.05) is 42.5 Å². The fraction of sp³-hybridized carbons (Fsp3) is 0.296. The average Bonchev–Trinajstić information content (AvgIpc) is 2.87. The molecule has 1 N–H and O–H groups in total. The van der Waals surface area contributed by atoms with Crippen LogP contribution in [0.15, 0.2) is 78.9 Å². The van der Waals surface area contributed by atoms with Crippen molar-refractivity contribution in [1.29, 1.82) is 0 Å². The molecule has 5 heteroatoms. The molecule has 5 nitrogen and oxygen atoms in total. The molecule has 1 saturated heterocycles. The van der Waals surface area contributed by atoms with E-state index in [9.17, 15) is 4.79 Å². The molecule has 0 aliphatic carbocycles. The standard InChI is InChI=1S/C27H29N3O2/c1-32-23-13-12-21-16-24(27(31)28-18-20-8-4-2-5-9-20)26-19-29(22-10-6-3-7-11-22)14-15-30(26)25(21)17-23/h2-13,17,24,26H,14-16,18-19H2,1H3,(H,28,31)/t24-,26-/m0/s1. The minimum atomic E-state index is -0.105. The van der Waals surface area contributed by atoms with Crippen molar-refractivity contribution in [3.8, 4) is 5.75 Å². The summed E-state index contributed by atoms with van der Waals surface area (Å²) in [7, 11) is 1.70. The summed E-state index contributed by atoms with van der Waals surface area (Å²) >= 11 is 0. The summed E-state index contributed by atoms with van der Waals surface area (Å²) in [5.41, 5.74) is 4.75. The first-order valence-electron chi connectivity index (χ1n) is 11.3. The molecule has 1 amide bonds. The third-order valence-corrected chi connectivity index (χ3v) is 6.69. The van der Waals surface area contributed by atoms with E-state index in [1.165, 1.54) is 16.9 Å². The lowest BCUT2D eigenvalue weighted by Crippen LogP contribution is -2.61. The van der Waals surface area contributed by atoms with E-state index in [0.29, 0.717) is 6.54 Å². The number of nitrogens with one attached hydrogen (secondary N) is 1. The second-order valence-electron chi connectivity index (χ2n) is 8.55. The van der Waals surface area contributed by atoms with Gasteiger partial charge in [-0.1, -0.05) is 54.6 Å². The lowest BCUT2D eigenvalue weighted by molar-refractivity contribution is -0.126. The fourth-order valence-corrected chi connectivity index (χ4v) is 4.99. The van der Waals surface area contributed by atoms with Crippen molar-refractivity contribution in [3.63, 3.8) is 0 Å². The van der Waals surface area contributed by atoms with Gasteiger partial charge in [-0.3, -0.25) is 4.79 Å². The number of carbonyl (C=O) groups excluding carboxylic acids is 1. The number of methoxy groups -OCH3 is 1. The molecule has 3 aromatic rings. The van der Waals surface area contributed by atoms with Crippen molar-refractivity contribution in [2.24, 2.45) is 5.92 Å². The first-order chi connectivity index (χ1) is 15.7. The number of fused-ring (bicyclic) bond motifs is 3. The van der Waals surface area contributed by atoms with Gasteiger partial charge in [-0.25, -0.2) is 0 Å². The summed E-state index contributed by atoms with van der Waals surface area (Å²) in [4.78, 5) is 18.3. The lowest BCUT2D eigenvalue weighted by Gasteiger charge is -2.49. The number of ether oxygens (including phenoxy) is 1. The molecular weight excluding hydrogens is 398 g/mol. The van der Waals surface area contributed by atoms with Crippen LogP contribution in [0, 0.1) is 5.92 Å². The third-order valence-electron chi connectivity index (χ3n) is 6.69. The van der Waals surface area contributed by atoms with E-state index in [4.69, 9.17) is 4.74 Å². The van der Waals surface area contributed by atoms with Gasteiger partial charge in [0.25, 0.3) is 0 Å². The van der Waals surface area contributed by atoms with Crippen molar-refractivity contribution in [1.82, 2.24) is 5.32 Å². The molecule has 5 rings (SSSR count). The smallest absolute Gasteiger partial charge is 0.225 e. The number of para-hydroxylation sites is 1. The number of hydrogen-bond acceptors (Lipinski definition) is 4. The lowest BCUT2D eigenvalue weighted by atomic mass is 9.83. The Morgan fingerprint density at radius 1 is 1.00 bits per heavy atom. The van der Waals surface area contributed by atoms with Gasteiger partial charge >= 0.3 is 0 Å². The van der Waals surface area contributed by atoms with Crippen LogP contribution in [0.1, 0.15) is 11.1 Å². The first kappa shape index (κ1) is 20.4. The maximum absolute atomic E-state index is 13.4. The van der Waals surface area contributed by atoms with Crippen molar-refractivity contribution < 1.29 is 9.53 Å². The highest BCUT2D eigenvalue weighted by atomic mass is 16.5. The molecule has 2 atom stereocenters. The first-order valence-corrected chi connectivity index (χ1v) is 11.3. The molecule has 164 valence electrons. The highest BCUT2D eigenvalue weighted by Gasteiger charge is 2.41. The minimum Gasteiger partial charge on any atom is -0.497 e.